The summed E-state index contributed by atoms with van der Waals surface area (Å²) in [6, 6.07) is 10.4. The van der Waals surface area contributed by atoms with Crippen molar-refractivity contribution in [3.05, 3.63) is 88.5 Å². The molecule has 1 aromatic heterocycles. The third-order valence-electron chi connectivity index (χ3n) is 7.84. The maximum absolute atomic E-state index is 13.7. The minimum Gasteiger partial charge on any atom is -0.386 e. The summed E-state index contributed by atoms with van der Waals surface area (Å²) in [5.74, 6) is -5.00. The number of aliphatic hydroxyl groups excluding tert-OH is 1. The lowest BCUT2D eigenvalue weighted by Gasteiger charge is -2.45. The topological polar surface area (TPSA) is 117 Å². The fourth-order valence-corrected chi connectivity index (χ4v) is 8.28. The molecule has 1 heterocycles. The van der Waals surface area contributed by atoms with E-state index in [9.17, 15) is 36.6 Å². The van der Waals surface area contributed by atoms with Crippen LogP contribution in [0.1, 0.15) is 47.8 Å². The van der Waals surface area contributed by atoms with Crippen LogP contribution in [0.2, 0.25) is 5.02 Å². The average Bonchev–Trinajstić information content (AvgIpc) is 3.05. The zero-order valence-electron chi connectivity index (χ0n) is 20.3. The molecule has 7 nitrogen and oxygen atoms in total. The van der Waals surface area contributed by atoms with E-state index in [2.05, 4.69) is 10.3 Å². The number of halogens is 4. The Balaban J connectivity index is 1.39. The molecule has 3 atom stereocenters. The summed E-state index contributed by atoms with van der Waals surface area (Å²) in [5.41, 5.74) is -1.79. The smallest absolute Gasteiger partial charge is 0.255 e. The molecule has 0 saturated heterocycles. The molecule has 206 valence electrons. The van der Waals surface area contributed by atoms with Crippen LogP contribution in [-0.2, 0) is 9.84 Å². The van der Waals surface area contributed by atoms with Gasteiger partial charge in [0.15, 0.2) is 21.5 Å². The maximum Gasteiger partial charge on any atom is 0.255 e. The molecule has 2 unspecified atom stereocenters. The second kappa shape index (κ2) is 10.2. The van der Waals surface area contributed by atoms with E-state index in [1.807, 2.05) is 0 Å². The first-order valence-corrected chi connectivity index (χ1v) is 14.2. The van der Waals surface area contributed by atoms with Crippen LogP contribution in [0, 0.1) is 29.4 Å². The molecular formula is C27H24ClF3N2O5S. The predicted molar refractivity (Wildman–Crippen MR) is 136 cm³/mol. The van der Waals surface area contributed by atoms with E-state index < -0.39 is 62.1 Å². The van der Waals surface area contributed by atoms with E-state index in [4.69, 9.17) is 11.6 Å². The quantitative estimate of drug-likeness (QED) is 0.360. The zero-order valence-corrected chi connectivity index (χ0v) is 21.9. The molecule has 2 fully saturated rings. The third kappa shape index (κ3) is 4.93. The Morgan fingerprint density at radius 3 is 2.36 bits per heavy atom. The molecule has 0 aliphatic heterocycles. The van der Waals surface area contributed by atoms with Crippen LogP contribution in [0.3, 0.4) is 0 Å². The lowest BCUT2D eigenvalue weighted by molar-refractivity contribution is -0.146. The maximum atomic E-state index is 13.7. The number of hydrogen-bond donors (Lipinski definition) is 3. The van der Waals surface area contributed by atoms with Crippen LogP contribution in [0.15, 0.2) is 59.5 Å². The molecule has 2 bridgehead atoms. The third-order valence-corrected chi connectivity index (χ3v) is 10.5. The number of fused-ring (bicyclic) bond motifs is 2. The molecule has 2 saturated carbocycles. The predicted octanol–water partition coefficient (Wildman–Crippen LogP) is 4.83. The number of anilines is 1. The van der Waals surface area contributed by atoms with Gasteiger partial charge in [0.1, 0.15) is 11.7 Å². The Morgan fingerprint density at radius 1 is 1.03 bits per heavy atom. The molecule has 2 aliphatic rings. The van der Waals surface area contributed by atoms with Crippen molar-refractivity contribution in [1.29, 1.82) is 0 Å². The van der Waals surface area contributed by atoms with Gasteiger partial charge < -0.3 is 15.5 Å². The summed E-state index contributed by atoms with van der Waals surface area (Å²) >= 11 is 6.26. The van der Waals surface area contributed by atoms with Crippen LogP contribution in [-0.4, -0.2) is 40.4 Å². The minimum absolute atomic E-state index is 0.0172. The Kier molecular flexibility index (Phi) is 7.21. The van der Waals surface area contributed by atoms with Crippen molar-refractivity contribution in [3.8, 4) is 0 Å². The van der Waals surface area contributed by atoms with Crippen molar-refractivity contribution in [2.45, 2.75) is 47.5 Å². The van der Waals surface area contributed by atoms with Gasteiger partial charge in [0.2, 0.25) is 5.95 Å². The molecule has 0 radical (unpaired) electrons. The van der Waals surface area contributed by atoms with Gasteiger partial charge in [-0.3, -0.25) is 4.79 Å². The zero-order chi connectivity index (χ0) is 28.1. The molecule has 0 spiro atoms. The summed E-state index contributed by atoms with van der Waals surface area (Å²) in [6.07, 6.45) is -0.540. The monoisotopic (exact) mass is 580 g/mol. The molecule has 1 amide bonds. The van der Waals surface area contributed by atoms with Gasteiger partial charge in [-0.15, -0.1) is 0 Å². The summed E-state index contributed by atoms with van der Waals surface area (Å²) in [4.78, 5) is 16.2. The molecule has 3 aromatic rings. The van der Waals surface area contributed by atoms with Crippen LogP contribution < -0.4 is 5.32 Å². The lowest BCUT2D eigenvalue weighted by Crippen LogP contribution is -2.52. The number of pyridine rings is 1. The van der Waals surface area contributed by atoms with Gasteiger partial charge in [-0.25, -0.2) is 22.2 Å². The van der Waals surface area contributed by atoms with Crippen molar-refractivity contribution in [3.63, 3.8) is 0 Å². The Morgan fingerprint density at radius 2 is 1.72 bits per heavy atom. The number of sulfone groups is 1. The second-order valence-electron chi connectivity index (χ2n) is 10.0. The SMILES string of the molecule is O=C(Nc1ccc(F)c(F)c1)c1ccc(Cl)c(S(=O)(=O)C2CC3CCC(C2)C3(O)[C@@H](O)c2cccc(F)n2)c1. The molecule has 3 N–H and O–H groups in total. The van der Waals surface area contributed by atoms with E-state index in [-0.39, 0.29) is 39.7 Å². The normalized spacial score (nSPS) is 25.3. The van der Waals surface area contributed by atoms with Gasteiger partial charge in [0, 0.05) is 17.3 Å². The van der Waals surface area contributed by atoms with E-state index in [1.54, 1.807) is 0 Å². The van der Waals surface area contributed by atoms with Gasteiger partial charge in [-0.2, -0.15) is 4.39 Å². The van der Waals surface area contributed by atoms with Crippen LogP contribution in [0.5, 0.6) is 0 Å². The number of rotatable bonds is 6. The first-order valence-electron chi connectivity index (χ1n) is 12.2. The van der Waals surface area contributed by atoms with E-state index in [0.29, 0.717) is 12.8 Å². The Labute approximate surface area is 227 Å². The van der Waals surface area contributed by atoms with Crippen molar-refractivity contribution in [1.82, 2.24) is 4.98 Å². The number of carbonyl (C=O) groups excluding carboxylic acids is 1. The minimum atomic E-state index is -4.10. The number of nitrogens with one attached hydrogen (secondary N) is 1. The van der Waals surface area contributed by atoms with E-state index >= 15 is 0 Å². The van der Waals surface area contributed by atoms with Gasteiger partial charge in [0.05, 0.1) is 20.9 Å². The number of nitrogens with zero attached hydrogens (tertiary/aromatic N) is 1. The molecule has 2 aliphatic carbocycles. The highest BCUT2D eigenvalue weighted by atomic mass is 35.5. The number of aromatic nitrogens is 1. The molecule has 39 heavy (non-hydrogen) atoms. The molecule has 2 aromatic carbocycles. The van der Waals surface area contributed by atoms with E-state index in [1.165, 1.54) is 24.3 Å². The standard InChI is InChI=1S/C27H24ClF3N2O5S/c28-19-8-4-14(26(35)32-17-7-9-20(29)21(30)13-17)10-23(19)39(37,38)18-11-15-5-6-16(12-18)27(15,36)25(34)22-2-1-3-24(31)33-22/h1-4,7-10,13,15-16,18,25,34,36H,5-6,11-12H2,(H,32,35)/t15?,16?,18?,25-,27?/m0/s1. The van der Waals surface area contributed by atoms with Gasteiger partial charge in [-0.05, 0) is 80.0 Å². The summed E-state index contributed by atoms with van der Waals surface area (Å²) < 4.78 is 67.8. The van der Waals surface area contributed by atoms with Crippen LogP contribution >= 0.6 is 11.6 Å². The van der Waals surface area contributed by atoms with Gasteiger partial charge in [0.25, 0.3) is 5.91 Å². The number of aliphatic hydroxyl groups is 2. The molecular weight excluding hydrogens is 557 g/mol. The fourth-order valence-electron chi connectivity index (χ4n) is 5.87. The van der Waals surface area contributed by atoms with Crippen LogP contribution in [0.25, 0.3) is 0 Å². The average molecular weight is 581 g/mol. The second-order valence-corrected chi connectivity index (χ2v) is 12.6. The highest BCUT2D eigenvalue weighted by Crippen LogP contribution is 2.56. The Hall–Kier alpha value is -2.99. The number of carbonyl (C=O) groups is 1. The van der Waals surface area contributed by atoms with Crippen molar-refractivity contribution in [2.24, 2.45) is 11.8 Å². The van der Waals surface area contributed by atoms with Crippen molar-refractivity contribution in [2.75, 3.05) is 5.32 Å². The summed E-state index contributed by atoms with van der Waals surface area (Å²) in [7, 11) is -4.10. The summed E-state index contributed by atoms with van der Waals surface area (Å²) in [5, 5.41) is 23.9. The first kappa shape index (κ1) is 27.6. The Bertz CT molecular complexity index is 1540. The van der Waals surface area contributed by atoms with Crippen molar-refractivity contribution < 1.29 is 36.6 Å². The largest absolute Gasteiger partial charge is 0.386 e. The summed E-state index contributed by atoms with van der Waals surface area (Å²) in [6.45, 7) is 0. The van der Waals surface area contributed by atoms with E-state index in [0.717, 1.165) is 30.3 Å². The highest BCUT2D eigenvalue weighted by Gasteiger charge is 2.59. The number of amides is 1. The van der Waals surface area contributed by atoms with Crippen molar-refractivity contribution >= 4 is 33.0 Å². The lowest BCUT2D eigenvalue weighted by atomic mass is 9.70. The number of hydrogen-bond acceptors (Lipinski definition) is 6. The highest BCUT2D eigenvalue weighted by molar-refractivity contribution is 7.92. The van der Waals surface area contributed by atoms with Crippen LogP contribution in [0.4, 0.5) is 18.9 Å². The van der Waals surface area contributed by atoms with Gasteiger partial charge >= 0.3 is 0 Å². The fraction of sp³-hybridized carbons (Fsp3) is 0.333. The molecule has 5 rings (SSSR count). The number of benzene rings is 2. The first-order chi connectivity index (χ1) is 18.4. The van der Waals surface area contributed by atoms with Gasteiger partial charge in [-0.1, -0.05) is 17.7 Å². The molecule has 12 heteroatoms.